The fourth-order valence-corrected chi connectivity index (χ4v) is 9.28. The van der Waals surface area contributed by atoms with Crippen LogP contribution in [-0.2, 0) is 24.2 Å². The lowest BCUT2D eigenvalue weighted by Gasteiger charge is -2.44. The minimum Gasteiger partial charge on any atom is -0.508 e. The van der Waals surface area contributed by atoms with Gasteiger partial charge in [-0.25, -0.2) is 4.39 Å². The van der Waals surface area contributed by atoms with E-state index in [1.54, 1.807) is 0 Å². The van der Waals surface area contributed by atoms with Crippen molar-refractivity contribution in [3.63, 3.8) is 0 Å². The highest BCUT2D eigenvalue weighted by atomic mass is 35.5. The highest BCUT2D eigenvalue weighted by Crippen LogP contribution is 2.61. The zero-order valence-electron chi connectivity index (χ0n) is 23.8. The second-order valence-electron chi connectivity index (χ2n) is 13.2. The summed E-state index contributed by atoms with van der Waals surface area (Å²) in [5, 5.41) is 14.3. The predicted molar refractivity (Wildman–Crippen MR) is 163 cm³/mol. The van der Waals surface area contributed by atoms with Crippen LogP contribution in [0.2, 0.25) is 5.02 Å². The lowest BCUT2D eigenvalue weighted by atomic mass is 9.66. The van der Waals surface area contributed by atoms with Gasteiger partial charge in [-0.05, 0) is 81.2 Å². The molecule has 4 saturated heterocycles. The average Bonchev–Trinajstić information content (AvgIpc) is 3.67. The Morgan fingerprint density at radius 2 is 1.74 bits per heavy atom. The fraction of sp³-hybridized carbons (Fsp3) is 0.667. The molecule has 1 aromatic carbocycles. The van der Waals surface area contributed by atoms with Crippen molar-refractivity contribution >= 4 is 42.2 Å². The van der Waals surface area contributed by atoms with Gasteiger partial charge in [0.05, 0.1) is 11.0 Å². The topological polar surface area (TPSA) is 73.8 Å². The molecule has 0 saturated carbocycles. The highest BCUT2D eigenvalue weighted by molar-refractivity contribution is 6.31. The van der Waals surface area contributed by atoms with Crippen molar-refractivity contribution in [3.05, 3.63) is 39.5 Å². The Morgan fingerprint density at radius 1 is 1.02 bits per heavy atom. The number of phenols is 1. The number of aromatic hydroxyl groups is 1. The number of alkyl halides is 3. The lowest BCUT2D eigenvalue weighted by molar-refractivity contribution is -0.102. The third kappa shape index (κ3) is 4.68. The molecule has 2 N–H and O–H groups in total. The maximum Gasteiger partial charge on any atom is 0.318 e. The van der Waals surface area contributed by atoms with Crippen LogP contribution in [0, 0.1) is 0 Å². The van der Waals surface area contributed by atoms with Gasteiger partial charge in [0.25, 0.3) is 5.92 Å². The number of aromatic nitrogens is 2. The molecule has 4 fully saturated rings. The predicted octanol–water partition coefficient (Wildman–Crippen LogP) is 5.50. The molecule has 2 aliphatic carbocycles. The summed E-state index contributed by atoms with van der Waals surface area (Å²) >= 11 is 6.42. The molecule has 2 aromatic rings. The van der Waals surface area contributed by atoms with Crippen LogP contribution in [0.4, 0.5) is 19.0 Å². The van der Waals surface area contributed by atoms with Crippen molar-refractivity contribution in [2.24, 2.45) is 0 Å². The van der Waals surface area contributed by atoms with Gasteiger partial charge in [-0.1, -0.05) is 11.6 Å². The Labute approximate surface area is 266 Å². The van der Waals surface area contributed by atoms with E-state index in [-0.39, 0.29) is 61.7 Å². The molecule has 1 aromatic heterocycles. The summed E-state index contributed by atoms with van der Waals surface area (Å²) in [6.45, 7) is 2.78. The van der Waals surface area contributed by atoms with Crippen LogP contribution in [0.5, 0.6) is 11.8 Å². The molecule has 5 heterocycles. The maximum absolute atomic E-state index is 17.0. The Hall–Kier alpha value is -1.72. The van der Waals surface area contributed by atoms with Crippen molar-refractivity contribution in [3.8, 4) is 11.8 Å². The maximum atomic E-state index is 17.0. The number of hydrogen-bond acceptors (Lipinski definition) is 7. The molecule has 1 spiro atoms. The number of nitrogens with zero attached hydrogens (tertiary/aromatic N) is 4. The molecule has 236 valence electrons. The number of fused-ring (bicyclic) bond motifs is 6. The van der Waals surface area contributed by atoms with Crippen LogP contribution < -0.4 is 15.0 Å². The van der Waals surface area contributed by atoms with E-state index in [0.29, 0.717) is 78.5 Å². The fourth-order valence-electron chi connectivity index (χ4n) is 8.97. The lowest BCUT2D eigenvalue weighted by Crippen LogP contribution is -2.52. The number of benzene rings is 1. The summed E-state index contributed by atoms with van der Waals surface area (Å²) in [5.74, 6) is -2.90. The Balaban J connectivity index is 0.00000165. The molecular weight excluding hydrogens is 626 g/mol. The van der Waals surface area contributed by atoms with E-state index in [9.17, 15) is 9.50 Å². The molecule has 43 heavy (non-hydrogen) atoms. The quantitative estimate of drug-likeness (QED) is 0.448. The number of nitrogens with one attached hydrogen (secondary N) is 1. The number of ether oxygens (including phenoxy) is 1. The standard InChI is InChI=1S/C30H35ClF3N5O2.2ClH/c31-24-11-20(40)10-23-21(24)4-7-29(23)8-5-22-25(30(29,33)34)36-27(37-26(22)38-14-18-2-3-19(15-38)35-18)41-16-28-6-1-9-39(28)13-17(32)12-28;;/h10-11,17-19,35,40H,1-9,12-16H2;2*1H/t17-,18-,19+,28+,29+;;/m1../s1. The van der Waals surface area contributed by atoms with Crippen LogP contribution >= 0.6 is 36.4 Å². The molecule has 0 amide bonds. The summed E-state index contributed by atoms with van der Waals surface area (Å²) in [5.41, 5.74) is -0.649. The number of anilines is 1. The minimum absolute atomic E-state index is 0. The normalized spacial score (nSPS) is 33.5. The van der Waals surface area contributed by atoms with Crippen molar-refractivity contribution in [1.82, 2.24) is 20.2 Å². The van der Waals surface area contributed by atoms with E-state index >= 15 is 8.78 Å². The largest absolute Gasteiger partial charge is 0.508 e. The Kier molecular flexibility index (Phi) is 7.98. The van der Waals surface area contributed by atoms with Crippen molar-refractivity contribution < 1.29 is 23.0 Å². The number of piperazine rings is 1. The SMILES string of the molecule is Cl.Cl.Oc1cc(Cl)c2c(c1)[C@]1(CC2)CCc2c(N3C[C@H]4CC[C@@H](C3)N4)nc(OC[C@@]34CCCN3C[C@H](F)C4)nc2C1(F)F. The Bertz CT molecular complexity index is 1410. The van der Waals surface area contributed by atoms with E-state index in [4.69, 9.17) is 21.3 Å². The molecule has 7 nitrogen and oxygen atoms in total. The van der Waals surface area contributed by atoms with Gasteiger partial charge in [0.2, 0.25) is 0 Å². The van der Waals surface area contributed by atoms with Gasteiger partial charge >= 0.3 is 6.01 Å². The van der Waals surface area contributed by atoms with Crippen LogP contribution in [0.3, 0.4) is 0 Å². The van der Waals surface area contributed by atoms with E-state index in [1.165, 1.54) is 12.1 Å². The molecule has 6 aliphatic rings. The molecule has 4 aliphatic heterocycles. The summed E-state index contributed by atoms with van der Waals surface area (Å²) in [4.78, 5) is 13.6. The third-order valence-corrected chi connectivity index (χ3v) is 11.2. The summed E-state index contributed by atoms with van der Waals surface area (Å²) < 4.78 is 54.7. The second kappa shape index (κ2) is 11.0. The zero-order chi connectivity index (χ0) is 28.1. The highest BCUT2D eigenvalue weighted by Gasteiger charge is 2.63. The monoisotopic (exact) mass is 661 g/mol. The van der Waals surface area contributed by atoms with Crippen LogP contribution in [0.1, 0.15) is 67.3 Å². The van der Waals surface area contributed by atoms with Crippen LogP contribution in [0.25, 0.3) is 0 Å². The first-order valence-corrected chi connectivity index (χ1v) is 15.4. The average molecular weight is 663 g/mol. The Morgan fingerprint density at radius 3 is 2.49 bits per heavy atom. The van der Waals surface area contributed by atoms with Crippen molar-refractivity contribution in [1.29, 1.82) is 0 Å². The summed E-state index contributed by atoms with van der Waals surface area (Å²) in [7, 11) is 0. The molecule has 2 bridgehead atoms. The van der Waals surface area contributed by atoms with Crippen molar-refractivity contribution in [2.45, 2.75) is 92.9 Å². The zero-order valence-corrected chi connectivity index (χ0v) is 26.1. The van der Waals surface area contributed by atoms with E-state index < -0.39 is 23.0 Å². The number of phenolic OH excluding ortho intramolecular Hbond substituents is 1. The van der Waals surface area contributed by atoms with Crippen molar-refractivity contribution in [2.75, 3.05) is 37.7 Å². The first-order chi connectivity index (χ1) is 19.7. The van der Waals surface area contributed by atoms with Gasteiger partial charge in [0, 0.05) is 48.7 Å². The second-order valence-corrected chi connectivity index (χ2v) is 13.6. The van der Waals surface area contributed by atoms with E-state index in [2.05, 4.69) is 20.1 Å². The molecule has 5 atom stereocenters. The van der Waals surface area contributed by atoms with Gasteiger partial charge < -0.3 is 20.1 Å². The van der Waals surface area contributed by atoms with Gasteiger partial charge in [0.15, 0.2) is 0 Å². The summed E-state index contributed by atoms with van der Waals surface area (Å²) in [6.07, 6.45) is 4.61. The van der Waals surface area contributed by atoms with Crippen LogP contribution in [0.15, 0.2) is 12.1 Å². The van der Waals surface area contributed by atoms with E-state index in [1.807, 2.05) is 0 Å². The third-order valence-electron chi connectivity index (χ3n) is 10.9. The van der Waals surface area contributed by atoms with Gasteiger partial charge in [0.1, 0.15) is 30.0 Å². The number of hydrogen-bond donors (Lipinski definition) is 2. The van der Waals surface area contributed by atoms with Crippen LogP contribution in [-0.4, -0.2) is 76.6 Å². The number of rotatable bonds is 4. The van der Waals surface area contributed by atoms with E-state index in [0.717, 1.165) is 32.2 Å². The smallest absolute Gasteiger partial charge is 0.318 e. The molecule has 0 unspecified atom stereocenters. The first-order valence-electron chi connectivity index (χ1n) is 15.0. The van der Waals surface area contributed by atoms with Gasteiger partial charge in [-0.15, -0.1) is 24.8 Å². The summed E-state index contributed by atoms with van der Waals surface area (Å²) in [6, 6.07) is 3.43. The van der Waals surface area contributed by atoms with Gasteiger partial charge in [-0.3, -0.25) is 4.90 Å². The number of halogens is 6. The first kappa shape index (κ1) is 31.3. The molecule has 0 radical (unpaired) electrons. The minimum atomic E-state index is -3.33. The van der Waals surface area contributed by atoms with Gasteiger partial charge in [-0.2, -0.15) is 18.7 Å². The molecule has 8 rings (SSSR count). The molecule has 13 heteroatoms. The molecular formula is C30H37Cl3F3N5O2.